The van der Waals surface area contributed by atoms with Crippen LogP contribution in [0.15, 0.2) is 66.0 Å². The van der Waals surface area contributed by atoms with E-state index in [1.54, 1.807) is 25.6 Å². The van der Waals surface area contributed by atoms with Gasteiger partial charge >= 0.3 is 0 Å². The molecule has 0 atom stereocenters. The maximum absolute atomic E-state index is 12.7. The van der Waals surface area contributed by atoms with Crippen LogP contribution in [0.1, 0.15) is 4.88 Å². The predicted octanol–water partition coefficient (Wildman–Crippen LogP) is 4.41. The van der Waals surface area contributed by atoms with Crippen LogP contribution in [0.4, 0.5) is 11.4 Å². The van der Waals surface area contributed by atoms with E-state index in [1.165, 1.54) is 4.88 Å². The number of nitrogens with zero attached hydrogens (tertiary/aromatic N) is 1. The molecule has 27 heavy (non-hydrogen) atoms. The summed E-state index contributed by atoms with van der Waals surface area (Å²) in [5, 5.41) is 4.98. The molecule has 1 aromatic heterocycles. The molecule has 0 saturated carbocycles. The smallest absolute Gasteiger partial charge is 0.244 e. The summed E-state index contributed by atoms with van der Waals surface area (Å²) in [5.41, 5.74) is 1.62. The highest BCUT2D eigenvalue weighted by Crippen LogP contribution is 2.25. The highest BCUT2D eigenvalue weighted by atomic mass is 32.1. The highest BCUT2D eigenvalue weighted by Gasteiger charge is 2.15. The fourth-order valence-electron chi connectivity index (χ4n) is 2.73. The van der Waals surface area contributed by atoms with Crippen molar-refractivity contribution >= 4 is 28.6 Å². The Hall–Kier alpha value is -2.99. The normalized spacial score (nSPS) is 10.3. The van der Waals surface area contributed by atoms with Gasteiger partial charge in [0.1, 0.15) is 11.5 Å². The van der Waals surface area contributed by atoms with Crippen LogP contribution in [0.3, 0.4) is 0 Å². The number of nitrogens with one attached hydrogen (secondary N) is 1. The van der Waals surface area contributed by atoms with Gasteiger partial charge in [-0.3, -0.25) is 4.79 Å². The Labute approximate surface area is 163 Å². The molecule has 1 amide bonds. The molecule has 1 N–H and O–H groups in total. The Morgan fingerprint density at radius 3 is 2.44 bits per heavy atom. The molecule has 0 radical (unpaired) electrons. The van der Waals surface area contributed by atoms with Gasteiger partial charge in [0.25, 0.3) is 0 Å². The quantitative estimate of drug-likeness (QED) is 0.627. The maximum atomic E-state index is 12.7. The van der Waals surface area contributed by atoms with Crippen molar-refractivity contribution in [2.75, 3.05) is 31.0 Å². The van der Waals surface area contributed by atoms with Crippen LogP contribution in [0.2, 0.25) is 0 Å². The van der Waals surface area contributed by atoms with Crippen molar-refractivity contribution in [3.05, 3.63) is 70.9 Å². The number of amides is 1. The third-order valence-corrected chi connectivity index (χ3v) is 4.94. The van der Waals surface area contributed by atoms with Crippen LogP contribution in [0.5, 0.6) is 11.5 Å². The first-order valence-corrected chi connectivity index (χ1v) is 9.42. The Morgan fingerprint density at radius 1 is 1.00 bits per heavy atom. The molecule has 0 bridgehead atoms. The first-order chi connectivity index (χ1) is 13.2. The average molecular weight is 382 g/mol. The van der Waals surface area contributed by atoms with Crippen molar-refractivity contribution in [2.24, 2.45) is 0 Å². The van der Waals surface area contributed by atoms with Crippen LogP contribution in [-0.2, 0) is 11.3 Å². The number of anilines is 2. The van der Waals surface area contributed by atoms with Gasteiger partial charge < -0.3 is 19.7 Å². The maximum Gasteiger partial charge on any atom is 0.244 e. The molecular formula is C21H22N2O3S. The summed E-state index contributed by atoms with van der Waals surface area (Å²) in [6, 6.07) is 19.2. The number of ether oxygens (including phenoxy) is 2. The van der Waals surface area contributed by atoms with Gasteiger partial charge in [-0.1, -0.05) is 18.2 Å². The largest absolute Gasteiger partial charge is 0.497 e. The molecule has 0 fully saturated rings. The number of carbonyl (C=O) groups excluding carboxylic acids is 1. The van der Waals surface area contributed by atoms with E-state index in [4.69, 9.17) is 9.47 Å². The average Bonchev–Trinajstić information content (AvgIpc) is 3.21. The van der Waals surface area contributed by atoms with Crippen molar-refractivity contribution in [1.82, 2.24) is 0 Å². The van der Waals surface area contributed by atoms with Gasteiger partial charge in [-0.05, 0) is 47.8 Å². The van der Waals surface area contributed by atoms with Gasteiger partial charge in [0.15, 0.2) is 0 Å². The lowest BCUT2D eigenvalue weighted by molar-refractivity contribution is -0.115. The SMILES string of the molecule is COc1ccc(N(CC(=O)Nc2ccccc2OC)Cc2cccs2)cc1. The molecule has 6 heteroatoms. The summed E-state index contributed by atoms with van der Waals surface area (Å²) in [6.07, 6.45) is 0. The number of para-hydroxylation sites is 2. The molecule has 3 rings (SSSR count). The number of benzene rings is 2. The van der Waals surface area contributed by atoms with Crippen LogP contribution >= 0.6 is 11.3 Å². The number of thiophene rings is 1. The van der Waals surface area contributed by atoms with Gasteiger partial charge in [-0.2, -0.15) is 0 Å². The Balaban J connectivity index is 1.76. The molecule has 1 heterocycles. The number of hydrogen-bond acceptors (Lipinski definition) is 5. The zero-order valence-electron chi connectivity index (χ0n) is 15.3. The van der Waals surface area contributed by atoms with E-state index < -0.39 is 0 Å². The molecule has 0 unspecified atom stereocenters. The molecule has 0 saturated heterocycles. The highest BCUT2D eigenvalue weighted by molar-refractivity contribution is 7.09. The van der Waals surface area contributed by atoms with Gasteiger partial charge in [0, 0.05) is 10.6 Å². The lowest BCUT2D eigenvalue weighted by atomic mass is 10.2. The summed E-state index contributed by atoms with van der Waals surface area (Å²) in [6.45, 7) is 0.881. The zero-order chi connectivity index (χ0) is 19.1. The van der Waals surface area contributed by atoms with Crippen LogP contribution in [0.25, 0.3) is 0 Å². The summed E-state index contributed by atoms with van der Waals surface area (Å²) in [5.74, 6) is 1.32. The Kier molecular flexibility index (Phi) is 6.33. The zero-order valence-corrected chi connectivity index (χ0v) is 16.2. The molecule has 140 valence electrons. The molecule has 0 aliphatic heterocycles. The minimum absolute atomic E-state index is 0.105. The van der Waals surface area contributed by atoms with Crippen molar-refractivity contribution in [3.8, 4) is 11.5 Å². The van der Waals surface area contributed by atoms with Crippen molar-refractivity contribution < 1.29 is 14.3 Å². The molecule has 0 aliphatic rings. The second-order valence-corrected chi connectivity index (χ2v) is 6.91. The number of hydrogen-bond donors (Lipinski definition) is 1. The number of rotatable bonds is 8. The molecule has 2 aromatic carbocycles. The minimum Gasteiger partial charge on any atom is -0.497 e. The molecule has 3 aromatic rings. The molecular weight excluding hydrogens is 360 g/mol. The summed E-state index contributed by atoms with van der Waals surface area (Å²) < 4.78 is 10.5. The van der Waals surface area contributed by atoms with Crippen molar-refractivity contribution in [3.63, 3.8) is 0 Å². The molecule has 0 spiro atoms. The van der Waals surface area contributed by atoms with E-state index in [1.807, 2.05) is 64.9 Å². The second kappa shape index (κ2) is 9.09. The third kappa shape index (κ3) is 5.01. The predicted molar refractivity (Wildman–Crippen MR) is 110 cm³/mol. The molecule has 0 aliphatic carbocycles. The van der Waals surface area contributed by atoms with E-state index in [0.717, 1.165) is 11.4 Å². The fourth-order valence-corrected chi connectivity index (χ4v) is 3.45. The number of methoxy groups -OCH3 is 2. The fraction of sp³-hybridized carbons (Fsp3) is 0.190. The van der Waals surface area contributed by atoms with E-state index in [9.17, 15) is 4.79 Å². The first kappa shape index (κ1) is 18.8. The van der Waals surface area contributed by atoms with Crippen LogP contribution in [-0.4, -0.2) is 26.7 Å². The van der Waals surface area contributed by atoms with Crippen molar-refractivity contribution in [1.29, 1.82) is 0 Å². The standard InChI is InChI=1S/C21H22N2O3S/c1-25-17-11-9-16(10-12-17)23(14-18-6-5-13-27-18)15-21(24)22-19-7-3-4-8-20(19)26-2/h3-13H,14-15H2,1-2H3,(H,22,24). The minimum atomic E-state index is -0.105. The topological polar surface area (TPSA) is 50.8 Å². The van der Waals surface area contributed by atoms with E-state index in [2.05, 4.69) is 11.4 Å². The van der Waals surface area contributed by atoms with E-state index >= 15 is 0 Å². The third-order valence-electron chi connectivity index (χ3n) is 4.08. The monoisotopic (exact) mass is 382 g/mol. The van der Waals surface area contributed by atoms with E-state index in [-0.39, 0.29) is 12.5 Å². The summed E-state index contributed by atoms with van der Waals surface area (Å²) in [4.78, 5) is 15.9. The Bertz CT molecular complexity index is 863. The van der Waals surface area contributed by atoms with Crippen molar-refractivity contribution in [2.45, 2.75) is 6.54 Å². The summed E-state index contributed by atoms with van der Waals surface area (Å²) >= 11 is 1.67. The van der Waals surface area contributed by atoms with Crippen LogP contribution in [0, 0.1) is 0 Å². The first-order valence-electron chi connectivity index (χ1n) is 8.54. The number of carbonyl (C=O) groups is 1. The molecule has 5 nitrogen and oxygen atoms in total. The lowest BCUT2D eigenvalue weighted by Crippen LogP contribution is -2.32. The second-order valence-electron chi connectivity index (χ2n) is 5.88. The lowest BCUT2D eigenvalue weighted by Gasteiger charge is -2.24. The van der Waals surface area contributed by atoms with E-state index in [0.29, 0.717) is 18.0 Å². The van der Waals surface area contributed by atoms with Gasteiger partial charge in [-0.25, -0.2) is 0 Å². The summed E-state index contributed by atoms with van der Waals surface area (Å²) in [7, 11) is 3.23. The van der Waals surface area contributed by atoms with Gasteiger partial charge in [0.2, 0.25) is 5.91 Å². The van der Waals surface area contributed by atoms with Crippen LogP contribution < -0.4 is 19.7 Å². The van der Waals surface area contributed by atoms with Gasteiger partial charge in [-0.15, -0.1) is 11.3 Å². The van der Waals surface area contributed by atoms with Gasteiger partial charge in [0.05, 0.1) is 33.0 Å². The Morgan fingerprint density at radius 2 is 1.78 bits per heavy atom.